The van der Waals surface area contributed by atoms with Crippen molar-refractivity contribution in [1.82, 2.24) is 4.57 Å². The summed E-state index contributed by atoms with van der Waals surface area (Å²) in [6.45, 7) is 6.46. The van der Waals surface area contributed by atoms with Gasteiger partial charge in [-0.2, -0.15) is 0 Å². The molecule has 1 rings (SSSR count). The molecular formula is C22H45N2O9Si+. The molecule has 11 nitrogen and oxygen atoms in total. The molecule has 0 fully saturated rings. The second-order valence-electron chi connectivity index (χ2n) is 7.46. The normalized spacial score (nSPS) is 12.0. The van der Waals surface area contributed by atoms with E-state index in [1.165, 1.54) is 0 Å². The fourth-order valence-corrected chi connectivity index (χ4v) is 5.41. The lowest BCUT2D eigenvalue weighted by atomic mass is 10.5. The van der Waals surface area contributed by atoms with Gasteiger partial charge in [-0.15, -0.1) is 0 Å². The molecule has 0 saturated carbocycles. The van der Waals surface area contributed by atoms with Crippen LogP contribution in [0.2, 0.25) is 6.04 Å². The molecule has 0 unspecified atom stereocenters. The third-order valence-corrected chi connectivity index (χ3v) is 7.57. The summed E-state index contributed by atoms with van der Waals surface area (Å²) in [7, 11) is 3.94. The van der Waals surface area contributed by atoms with Crippen molar-refractivity contribution in [3.05, 3.63) is 18.7 Å². The molecule has 1 aromatic rings. The summed E-state index contributed by atoms with van der Waals surface area (Å²) in [5.74, 6) is 0. The Morgan fingerprint density at radius 3 is 1.47 bits per heavy atom. The predicted molar refractivity (Wildman–Crippen MR) is 127 cm³/mol. The molecule has 0 amide bonds. The number of methoxy groups -OCH3 is 3. The maximum Gasteiger partial charge on any atom is 0.501 e. The van der Waals surface area contributed by atoms with Crippen molar-refractivity contribution < 1.29 is 46.3 Å². The predicted octanol–water partition coefficient (Wildman–Crippen LogP) is 0.680. The Kier molecular flexibility index (Phi) is 19.5. The average Bonchev–Trinajstić information content (AvgIpc) is 3.25. The summed E-state index contributed by atoms with van der Waals surface area (Å²) in [5.41, 5.74) is 0. The first-order valence-electron chi connectivity index (χ1n) is 11.8. The Hall–Kier alpha value is -0.933. The van der Waals surface area contributed by atoms with E-state index in [2.05, 4.69) is 4.57 Å². The molecular weight excluding hydrogens is 464 g/mol. The quantitative estimate of drug-likeness (QED) is 0.107. The van der Waals surface area contributed by atoms with Crippen LogP contribution in [0.4, 0.5) is 0 Å². The molecule has 0 aliphatic carbocycles. The van der Waals surface area contributed by atoms with Crippen LogP contribution in [0.3, 0.4) is 0 Å². The second-order valence-corrected chi connectivity index (χ2v) is 10.2. The number of nitrogens with zero attached hydrogens (tertiary/aromatic N) is 2. The summed E-state index contributed by atoms with van der Waals surface area (Å²) in [6.07, 6.45) is 6.95. The van der Waals surface area contributed by atoms with Gasteiger partial charge in [0.1, 0.15) is 12.4 Å². The van der Waals surface area contributed by atoms with E-state index in [9.17, 15) is 0 Å². The molecule has 0 N–H and O–H groups in total. The van der Waals surface area contributed by atoms with Crippen LogP contribution in [0, 0.1) is 0 Å². The lowest BCUT2D eigenvalue weighted by molar-refractivity contribution is -0.671. The van der Waals surface area contributed by atoms with Gasteiger partial charge in [-0.25, -0.2) is 9.13 Å². The lowest BCUT2D eigenvalue weighted by Gasteiger charge is -2.29. The molecule has 34 heavy (non-hydrogen) atoms. The van der Waals surface area contributed by atoms with Crippen LogP contribution in [0.5, 0.6) is 0 Å². The Morgan fingerprint density at radius 1 is 0.647 bits per heavy atom. The van der Waals surface area contributed by atoms with Crippen molar-refractivity contribution in [1.29, 1.82) is 0 Å². The molecule has 1 heterocycles. The zero-order chi connectivity index (χ0) is 24.7. The van der Waals surface area contributed by atoms with Crippen molar-refractivity contribution in [2.75, 3.05) is 101 Å². The minimum Gasteiger partial charge on any atom is -0.382 e. The molecule has 1 aromatic heterocycles. The lowest BCUT2D eigenvalue weighted by Crippen LogP contribution is -2.48. The first-order valence-corrected chi connectivity index (χ1v) is 13.7. The number of aromatic nitrogens is 2. The van der Waals surface area contributed by atoms with Crippen molar-refractivity contribution in [2.45, 2.75) is 19.0 Å². The topological polar surface area (TPSA) is 91.9 Å². The van der Waals surface area contributed by atoms with Gasteiger partial charge < -0.3 is 41.7 Å². The molecule has 12 heteroatoms. The molecule has 0 spiro atoms. The maximum absolute atomic E-state index is 6.26. The molecule has 0 aliphatic heterocycles. The van der Waals surface area contributed by atoms with Crippen molar-refractivity contribution in [3.63, 3.8) is 0 Å². The first-order chi connectivity index (χ1) is 16.7. The number of rotatable bonds is 25. The fraction of sp³-hybridized carbons (Fsp3) is 0.864. The Bertz CT molecular complexity index is 540. The fourth-order valence-electron chi connectivity index (χ4n) is 2.95. The monoisotopic (exact) mass is 509 g/mol. The van der Waals surface area contributed by atoms with E-state index in [-0.39, 0.29) is 0 Å². The zero-order valence-electron chi connectivity index (χ0n) is 21.4. The highest BCUT2D eigenvalue weighted by Crippen LogP contribution is 2.19. The van der Waals surface area contributed by atoms with Crippen molar-refractivity contribution in [2.24, 2.45) is 7.05 Å². The van der Waals surface area contributed by atoms with Gasteiger partial charge in [0.25, 0.3) is 0 Å². The summed E-state index contributed by atoms with van der Waals surface area (Å²) in [6, 6.07) is 0.670. The van der Waals surface area contributed by atoms with Crippen molar-refractivity contribution in [3.8, 4) is 0 Å². The third-order valence-electron chi connectivity index (χ3n) is 4.67. The van der Waals surface area contributed by atoms with Gasteiger partial charge in [-0.3, -0.25) is 0 Å². The number of hydrogen-bond acceptors (Lipinski definition) is 9. The van der Waals surface area contributed by atoms with Crippen LogP contribution in [0.25, 0.3) is 0 Å². The van der Waals surface area contributed by atoms with Crippen LogP contribution < -0.4 is 4.57 Å². The molecule has 0 bridgehead atoms. The van der Waals surface area contributed by atoms with E-state index in [4.69, 9.17) is 41.7 Å². The number of aryl methyl sites for hydroxylation is 2. The number of ether oxygens (including phenoxy) is 6. The van der Waals surface area contributed by atoms with Crippen LogP contribution in [-0.4, -0.2) is 114 Å². The summed E-state index contributed by atoms with van der Waals surface area (Å²) in [5, 5.41) is 0. The SMILES string of the molecule is COCCOCCO[Si](CCCn1cc[n+](C)c1)(OCCOCCOC)OCCOCCOC. The largest absolute Gasteiger partial charge is 0.501 e. The minimum absolute atomic E-state index is 0.378. The van der Waals surface area contributed by atoms with Gasteiger partial charge in [0.05, 0.1) is 92.9 Å². The zero-order valence-corrected chi connectivity index (χ0v) is 22.4. The smallest absolute Gasteiger partial charge is 0.382 e. The summed E-state index contributed by atoms with van der Waals surface area (Å²) < 4.78 is 54.7. The van der Waals surface area contributed by atoms with Gasteiger partial charge >= 0.3 is 8.80 Å². The summed E-state index contributed by atoms with van der Waals surface area (Å²) >= 11 is 0. The molecule has 0 aliphatic rings. The molecule has 200 valence electrons. The van der Waals surface area contributed by atoms with Crippen LogP contribution in [-0.2, 0) is 55.3 Å². The summed E-state index contributed by atoms with van der Waals surface area (Å²) in [4.78, 5) is 0. The Balaban J connectivity index is 2.66. The van der Waals surface area contributed by atoms with Crippen molar-refractivity contribution >= 4 is 8.80 Å². The molecule has 0 saturated heterocycles. The van der Waals surface area contributed by atoms with Crippen LogP contribution in [0.15, 0.2) is 18.7 Å². The van der Waals surface area contributed by atoms with E-state index in [1.807, 2.05) is 30.3 Å². The third kappa shape index (κ3) is 15.9. The highest BCUT2D eigenvalue weighted by atomic mass is 28.4. The van der Waals surface area contributed by atoms with E-state index < -0.39 is 8.80 Å². The Morgan fingerprint density at radius 2 is 1.09 bits per heavy atom. The van der Waals surface area contributed by atoms with Crippen LogP contribution in [0.1, 0.15) is 6.42 Å². The van der Waals surface area contributed by atoms with Gasteiger partial charge in [-0.05, 0) is 6.42 Å². The van der Waals surface area contributed by atoms with Gasteiger partial charge in [0.15, 0.2) is 0 Å². The van der Waals surface area contributed by atoms with E-state index in [0.29, 0.717) is 85.3 Å². The highest BCUT2D eigenvalue weighted by molar-refractivity contribution is 6.60. The second kappa shape index (κ2) is 21.4. The molecule has 0 aromatic carbocycles. The standard InChI is InChI=1S/C22H45N2O9Si/c1-23-7-8-24(22-23)6-5-21-34(31-18-15-28-12-9-25-2,32-19-16-29-13-10-26-3)33-20-17-30-14-11-27-4/h7-8,22H,5-6,9-21H2,1-4H3/q+1. The Labute approximate surface area is 205 Å². The number of hydrogen-bond donors (Lipinski definition) is 0. The number of imidazole rings is 1. The van der Waals surface area contributed by atoms with E-state index in [1.54, 1.807) is 21.3 Å². The van der Waals surface area contributed by atoms with Gasteiger partial charge in [-0.1, -0.05) is 0 Å². The van der Waals surface area contributed by atoms with Gasteiger partial charge in [0.2, 0.25) is 6.33 Å². The molecule has 0 radical (unpaired) electrons. The highest BCUT2D eigenvalue weighted by Gasteiger charge is 2.41. The minimum atomic E-state index is -3.00. The van der Waals surface area contributed by atoms with Crippen LogP contribution >= 0.6 is 0 Å². The molecule has 0 atom stereocenters. The maximum atomic E-state index is 6.26. The average molecular weight is 510 g/mol. The van der Waals surface area contributed by atoms with E-state index >= 15 is 0 Å². The first kappa shape index (κ1) is 31.1. The van der Waals surface area contributed by atoms with E-state index in [0.717, 1.165) is 13.0 Å². The van der Waals surface area contributed by atoms with Gasteiger partial charge in [0, 0.05) is 27.4 Å².